The molecule has 0 aliphatic heterocycles. The largest absolute Gasteiger partial charge is 0.295 e. The van der Waals surface area contributed by atoms with Gasteiger partial charge in [0.1, 0.15) is 11.6 Å². The minimum atomic E-state index is -0.595. The molecule has 86 valence electrons. The first-order chi connectivity index (χ1) is 7.54. The van der Waals surface area contributed by atoms with Crippen LogP contribution in [0.4, 0.5) is 8.78 Å². The summed E-state index contributed by atoms with van der Waals surface area (Å²) in [5.41, 5.74) is 0.363. The zero-order chi connectivity index (χ0) is 12.1. The Morgan fingerprint density at radius 2 is 1.88 bits per heavy atom. The molecular formula is C13H14F2O. The summed E-state index contributed by atoms with van der Waals surface area (Å²) in [5, 5.41) is 0. The predicted molar refractivity (Wildman–Crippen MR) is 60.0 cm³/mol. The molecule has 0 aliphatic carbocycles. The number of hydrogen-bond donors (Lipinski definition) is 0. The van der Waals surface area contributed by atoms with E-state index in [0.29, 0.717) is 12.0 Å². The summed E-state index contributed by atoms with van der Waals surface area (Å²) >= 11 is 0. The highest BCUT2D eigenvalue weighted by Crippen LogP contribution is 2.15. The van der Waals surface area contributed by atoms with Crippen molar-refractivity contribution in [3.8, 4) is 0 Å². The van der Waals surface area contributed by atoms with Crippen molar-refractivity contribution in [2.45, 2.75) is 26.7 Å². The minimum Gasteiger partial charge on any atom is -0.295 e. The van der Waals surface area contributed by atoms with E-state index in [1.54, 1.807) is 0 Å². The average Bonchev–Trinajstić information content (AvgIpc) is 2.23. The lowest BCUT2D eigenvalue weighted by Gasteiger charge is -2.00. The molecule has 1 aromatic rings. The molecule has 0 bridgehead atoms. The molecule has 1 nitrogen and oxygen atoms in total. The molecule has 0 N–H and O–H groups in total. The molecule has 0 aliphatic rings. The number of hydrogen-bond acceptors (Lipinski definition) is 1. The molecule has 0 fully saturated rings. The van der Waals surface area contributed by atoms with Crippen LogP contribution in [0.15, 0.2) is 18.2 Å². The van der Waals surface area contributed by atoms with E-state index in [1.807, 2.05) is 6.92 Å². The van der Waals surface area contributed by atoms with Crippen molar-refractivity contribution in [2.24, 2.45) is 0 Å². The summed E-state index contributed by atoms with van der Waals surface area (Å²) in [7, 11) is 0. The van der Waals surface area contributed by atoms with Crippen LogP contribution in [0.2, 0.25) is 0 Å². The number of rotatable bonds is 4. The van der Waals surface area contributed by atoms with Crippen LogP contribution in [0.25, 0.3) is 6.08 Å². The molecule has 0 amide bonds. The van der Waals surface area contributed by atoms with E-state index in [1.165, 1.54) is 31.2 Å². The predicted octanol–water partition coefficient (Wildman–Crippen LogP) is 3.66. The van der Waals surface area contributed by atoms with E-state index in [9.17, 15) is 13.6 Å². The fourth-order valence-corrected chi connectivity index (χ4v) is 1.28. The lowest BCUT2D eigenvalue weighted by Crippen LogP contribution is -1.92. The van der Waals surface area contributed by atoms with Gasteiger partial charge in [-0.3, -0.25) is 4.79 Å². The van der Waals surface area contributed by atoms with Gasteiger partial charge in [-0.1, -0.05) is 13.0 Å². The van der Waals surface area contributed by atoms with E-state index in [2.05, 4.69) is 0 Å². The Labute approximate surface area is 93.8 Å². The van der Waals surface area contributed by atoms with E-state index in [4.69, 9.17) is 0 Å². The lowest BCUT2D eigenvalue weighted by atomic mass is 10.1. The summed E-state index contributed by atoms with van der Waals surface area (Å²) in [5.74, 6) is -1.23. The second kappa shape index (κ2) is 5.54. The molecule has 1 rings (SSSR count). The fourth-order valence-electron chi connectivity index (χ4n) is 1.28. The number of halogens is 2. The Kier molecular flexibility index (Phi) is 4.35. The third kappa shape index (κ3) is 3.26. The van der Waals surface area contributed by atoms with Crippen molar-refractivity contribution in [1.29, 1.82) is 0 Å². The summed E-state index contributed by atoms with van der Waals surface area (Å²) < 4.78 is 26.3. The minimum absolute atomic E-state index is 0.00275. The van der Waals surface area contributed by atoms with Gasteiger partial charge in [-0.15, -0.1) is 0 Å². The summed E-state index contributed by atoms with van der Waals surface area (Å²) in [6.45, 7) is 3.28. The highest BCUT2D eigenvalue weighted by molar-refractivity contribution is 5.93. The van der Waals surface area contributed by atoms with Crippen LogP contribution >= 0.6 is 0 Å². The van der Waals surface area contributed by atoms with Gasteiger partial charge in [-0.25, -0.2) is 8.78 Å². The number of carbonyl (C=O) groups is 1. The molecule has 0 spiro atoms. The third-order valence-corrected chi connectivity index (χ3v) is 2.26. The van der Waals surface area contributed by atoms with Crippen LogP contribution < -0.4 is 0 Å². The molecule has 3 heteroatoms. The van der Waals surface area contributed by atoms with Crippen LogP contribution in [-0.2, 0) is 4.79 Å². The second-order valence-corrected chi connectivity index (χ2v) is 3.66. The maximum Gasteiger partial charge on any atom is 0.155 e. The Bertz CT molecular complexity index is 399. The number of allylic oxidation sites excluding steroid dienone is 1. The summed E-state index contributed by atoms with van der Waals surface area (Å²) in [6, 6.07) is 2.43. The SMILES string of the molecule is CCCC(=O)/C=C/c1cc(F)c(C)c(F)c1. The maximum absolute atomic E-state index is 13.2. The number of benzene rings is 1. The van der Waals surface area contributed by atoms with Crippen molar-refractivity contribution in [2.75, 3.05) is 0 Å². The summed E-state index contributed by atoms with van der Waals surface area (Å²) in [4.78, 5) is 11.2. The van der Waals surface area contributed by atoms with Gasteiger partial charge in [0.2, 0.25) is 0 Å². The van der Waals surface area contributed by atoms with Gasteiger partial charge in [0.15, 0.2) is 5.78 Å². The quantitative estimate of drug-likeness (QED) is 0.713. The third-order valence-electron chi connectivity index (χ3n) is 2.26. The van der Waals surface area contributed by atoms with E-state index >= 15 is 0 Å². The Balaban J connectivity index is 2.86. The topological polar surface area (TPSA) is 17.1 Å². The highest BCUT2D eigenvalue weighted by Gasteiger charge is 2.05. The average molecular weight is 224 g/mol. The Morgan fingerprint density at radius 1 is 1.31 bits per heavy atom. The van der Waals surface area contributed by atoms with Gasteiger partial charge in [0.05, 0.1) is 0 Å². The number of carbonyl (C=O) groups excluding carboxylic acids is 1. The van der Waals surface area contributed by atoms with Crippen molar-refractivity contribution in [3.63, 3.8) is 0 Å². The fraction of sp³-hybridized carbons (Fsp3) is 0.308. The van der Waals surface area contributed by atoms with Gasteiger partial charge in [-0.05, 0) is 37.1 Å². The van der Waals surface area contributed by atoms with Crippen molar-refractivity contribution in [3.05, 3.63) is 41.0 Å². The van der Waals surface area contributed by atoms with Gasteiger partial charge in [-0.2, -0.15) is 0 Å². The Hall–Kier alpha value is -1.51. The molecule has 0 atom stereocenters. The van der Waals surface area contributed by atoms with Gasteiger partial charge >= 0.3 is 0 Å². The second-order valence-electron chi connectivity index (χ2n) is 3.66. The molecule has 0 heterocycles. The molecule has 0 aromatic heterocycles. The highest BCUT2D eigenvalue weighted by atomic mass is 19.1. The van der Waals surface area contributed by atoms with Gasteiger partial charge in [0.25, 0.3) is 0 Å². The van der Waals surface area contributed by atoms with E-state index in [-0.39, 0.29) is 11.3 Å². The molecule has 0 unspecified atom stereocenters. The first-order valence-corrected chi connectivity index (χ1v) is 5.21. The molecule has 16 heavy (non-hydrogen) atoms. The summed E-state index contributed by atoms with van der Waals surface area (Å²) in [6.07, 6.45) is 4.00. The molecular weight excluding hydrogens is 210 g/mol. The van der Waals surface area contributed by atoms with Crippen LogP contribution in [0.5, 0.6) is 0 Å². The standard InChI is InChI=1S/C13H14F2O/c1-3-4-11(16)6-5-10-7-12(14)9(2)13(15)8-10/h5-8H,3-4H2,1-2H3/b6-5+. The van der Waals surface area contributed by atoms with E-state index in [0.717, 1.165) is 6.42 Å². The van der Waals surface area contributed by atoms with Crippen molar-refractivity contribution in [1.82, 2.24) is 0 Å². The smallest absolute Gasteiger partial charge is 0.155 e. The van der Waals surface area contributed by atoms with Crippen LogP contribution in [0.1, 0.15) is 30.9 Å². The van der Waals surface area contributed by atoms with Gasteiger partial charge < -0.3 is 0 Å². The van der Waals surface area contributed by atoms with Gasteiger partial charge in [0, 0.05) is 12.0 Å². The van der Waals surface area contributed by atoms with Crippen LogP contribution in [-0.4, -0.2) is 5.78 Å². The molecule has 0 saturated carbocycles. The normalized spacial score (nSPS) is 11.0. The van der Waals surface area contributed by atoms with Crippen molar-refractivity contribution >= 4 is 11.9 Å². The maximum atomic E-state index is 13.2. The molecule has 0 radical (unpaired) electrons. The zero-order valence-corrected chi connectivity index (χ0v) is 9.39. The van der Waals surface area contributed by atoms with Crippen LogP contribution in [0.3, 0.4) is 0 Å². The monoisotopic (exact) mass is 224 g/mol. The molecule has 0 saturated heterocycles. The van der Waals surface area contributed by atoms with Crippen LogP contribution in [0, 0.1) is 18.6 Å². The number of ketones is 1. The zero-order valence-electron chi connectivity index (χ0n) is 9.39. The lowest BCUT2D eigenvalue weighted by molar-refractivity contribution is -0.114. The van der Waals surface area contributed by atoms with E-state index < -0.39 is 11.6 Å². The Morgan fingerprint density at radius 3 is 2.38 bits per heavy atom. The first kappa shape index (κ1) is 12.6. The first-order valence-electron chi connectivity index (χ1n) is 5.21. The van der Waals surface area contributed by atoms with Crippen molar-refractivity contribution < 1.29 is 13.6 Å². The molecule has 1 aromatic carbocycles.